The van der Waals surface area contributed by atoms with Crippen LogP contribution in [0.2, 0.25) is 10.0 Å². The second-order valence-electron chi connectivity index (χ2n) is 9.57. The van der Waals surface area contributed by atoms with E-state index in [-0.39, 0.29) is 39.1 Å². The Hall–Kier alpha value is -2.59. The first kappa shape index (κ1) is 31.9. The van der Waals surface area contributed by atoms with Gasteiger partial charge in [-0.3, -0.25) is 13.9 Å². The molecule has 0 aliphatic heterocycles. The number of nitrogens with one attached hydrogen (secondary N) is 1. The minimum absolute atomic E-state index is 0.0130. The molecule has 0 heterocycles. The summed E-state index contributed by atoms with van der Waals surface area (Å²) in [4.78, 5) is 28.5. The molecular formula is C29H32BrCl2N3O4S. The maximum atomic E-state index is 14.0. The highest BCUT2D eigenvalue weighted by Gasteiger charge is 2.33. The lowest BCUT2D eigenvalue weighted by Gasteiger charge is -2.32. The molecule has 0 unspecified atom stereocenters. The third-order valence-electron chi connectivity index (χ3n) is 6.51. The van der Waals surface area contributed by atoms with E-state index in [4.69, 9.17) is 23.2 Å². The standard InChI is InChI=1S/C29H32BrCl2N3O4S/c1-5-20(3)33-29(37)21(4)34(17-22-8-10-23(30)11-9-22)28(36)18-35(24-12-15-26(31)27(32)16-24)40(38,39)25-13-6-19(2)7-14-25/h6-16,20-21H,5,17-18H2,1-4H3,(H,33,37)/t20-,21+/m0/s1. The number of carbonyl (C=O) groups excluding carboxylic acids is 2. The van der Waals surface area contributed by atoms with E-state index in [0.29, 0.717) is 0 Å². The summed E-state index contributed by atoms with van der Waals surface area (Å²) in [7, 11) is -4.20. The molecule has 7 nitrogen and oxygen atoms in total. The molecule has 0 aliphatic rings. The summed E-state index contributed by atoms with van der Waals surface area (Å²) in [6.45, 7) is 6.85. The molecule has 0 saturated carbocycles. The van der Waals surface area contributed by atoms with Crippen LogP contribution in [0.5, 0.6) is 0 Å². The minimum atomic E-state index is -4.20. The monoisotopic (exact) mass is 667 g/mol. The molecule has 1 N–H and O–H groups in total. The van der Waals surface area contributed by atoms with Crippen molar-refractivity contribution >= 4 is 66.7 Å². The van der Waals surface area contributed by atoms with Crippen molar-refractivity contribution < 1.29 is 18.0 Å². The Morgan fingerprint density at radius 1 is 0.950 bits per heavy atom. The molecule has 3 rings (SSSR count). The van der Waals surface area contributed by atoms with E-state index in [1.807, 2.05) is 45.0 Å². The zero-order valence-corrected chi connectivity index (χ0v) is 26.6. The average Bonchev–Trinajstić information content (AvgIpc) is 2.92. The lowest BCUT2D eigenvalue weighted by atomic mass is 10.1. The number of halogens is 3. The molecule has 40 heavy (non-hydrogen) atoms. The van der Waals surface area contributed by atoms with Crippen LogP contribution >= 0.6 is 39.1 Å². The Kier molecular flexibility index (Phi) is 11.1. The van der Waals surface area contributed by atoms with Crippen LogP contribution in [0.1, 0.15) is 38.3 Å². The highest BCUT2D eigenvalue weighted by atomic mass is 79.9. The summed E-state index contributed by atoms with van der Waals surface area (Å²) in [6.07, 6.45) is 0.721. The van der Waals surface area contributed by atoms with E-state index in [1.54, 1.807) is 19.1 Å². The SMILES string of the molecule is CC[C@H](C)NC(=O)[C@@H](C)N(Cc1ccc(Br)cc1)C(=O)CN(c1ccc(Cl)c(Cl)c1)S(=O)(=O)c1ccc(C)cc1. The smallest absolute Gasteiger partial charge is 0.264 e. The largest absolute Gasteiger partial charge is 0.352 e. The zero-order chi connectivity index (χ0) is 29.6. The summed E-state index contributed by atoms with van der Waals surface area (Å²) >= 11 is 15.7. The number of aryl methyl sites for hydroxylation is 1. The Bertz CT molecular complexity index is 1450. The van der Waals surface area contributed by atoms with E-state index >= 15 is 0 Å². The van der Waals surface area contributed by atoms with Gasteiger partial charge in [-0.1, -0.05) is 75.9 Å². The van der Waals surface area contributed by atoms with Gasteiger partial charge in [-0.25, -0.2) is 8.42 Å². The van der Waals surface area contributed by atoms with Crippen molar-refractivity contribution in [2.24, 2.45) is 0 Å². The van der Waals surface area contributed by atoms with E-state index in [2.05, 4.69) is 21.2 Å². The maximum Gasteiger partial charge on any atom is 0.264 e. The van der Waals surface area contributed by atoms with Gasteiger partial charge >= 0.3 is 0 Å². The van der Waals surface area contributed by atoms with Crippen LogP contribution in [-0.4, -0.2) is 43.8 Å². The van der Waals surface area contributed by atoms with Crippen LogP contribution in [0, 0.1) is 6.92 Å². The molecule has 0 aliphatic carbocycles. The molecule has 0 spiro atoms. The van der Waals surface area contributed by atoms with E-state index in [0.717, 1.165) is 26.3 Å². The molecular weight excluding hydrogens is 637 g/mol. The molecule has 0 bridgehead atoms. The van der Waals surface area contributed by atoms with Gasteiger partial charge < -0.3 is 10.2 Å². The first-order valence-corrected chi connectivity index (χ1v) is 15.7. The van der Waals surface area contributed by atoms with Gasteiger partial charge in [0, 0.05) is 17.1 Å². The van der Waals surface area contributed by atoms with Crippen LogP contribution < -0.4 is 9.62 Å². The van der Waals surface area contributed by atoms with Crippen molar-refractivity contribution in [3.05, 3.63) is 92.4 Å². The highest BCUT2D eigenvalue weighted by molar-refractivity contribution is 9.10. The van der Waals surface area contributed by atoms with Gasteiger partial charge in [0.1, 0.15) is 12.6 Å². The fraction of sp³-hybridized carbons (Fsp3) is 0.310. The van der Waals surface area contributed by atoms with Gasteiger partial charge in [-0.15, -0.1) is 0 Å². The Morgan fingerprint density at radius 2 is 1.57 bits per heavy atom. The van der Waals surface area contributed by atoms with Crippen molar-refractivity contribution in [2.45, 2.75) is 57.6 Å². The van der Waals surface area contributed by atoms with E-state index < -0.39 is 28.5 Å². The van der Waals surface area contributed by atoms with Gasteiger partial charge in [0.25, 0.3) is 10.0 Å². The number of nitrogens with zero attached hydrogens (tertiary/aromatic N) is 2. The number of benzene rings is 3. The molecule has 0 fully saturated rings. The molecule has 11 heteroatoms. The van der Waals surface area contributed by atoms with Crippen molar-refractivity contribution in [1.82, 2.24) is 10.2 Å². The maximum absolute atomic E-state index is 14.0. The van der Waals surface area contributed by atoms with Crippen molar-refractivity contribution in [2.75, 3.05) is 10.8 Å². The van der Waals surface area contributed by atoms with Crippen LogP contribution in [0.3, 0.4) is 0 Å². The average molecular weight is 669 g/mol. The normalized spacial score (nSPS) is 12.9. The fourth-order valence-corrected chi connectivity index (χ4v) is 5.80. The molecule has 214 valence electrons. The minimum Gasteiger partial charge on any atom is -0.352 e. The first-order chi connectivity index (χ1) is 18.8. The number of hydrogen-bond acceptors (Lipinski definition) is 4. The van der Waals surface area contributed by atoms with Gasteiger partial charge in [0.05, 0.1) is 20.6 Å². The quantitative estimate of drug-likeness (QED) is 0.250. The topological polar surface area (TPSA) is 86.8 Å². The summed E-state index contributed by atoms with van der Waals surface area (Å²) in [5.41, 5.74) is 1.84. The summed E-state index contributed by atoms with van der Waals surface area (Å²) < 4.78 is 29.6. The van der Waals surface area contributed by atoms with Crippen LogP contribution in [0.25, 0.3) is 0 Å². The Morgan fingerprint density at radius 3 is 2.15 bits per heavy atom. The molecule has 2 atom stereocenters. The van der Waals surface area contributed by atoms with Crippen molar-refractivity contribution in [3.63, 3.8) is 0 Å². The number of sulfonamides is 1. The number of carbonyl (C=O) groups is 2. The Balaban J connectivity index is 2.04. The number of rotatable bonds is 11. The fourth-order valence-electron chi connectivity index (χ4n) is 3.84. The Labute approximate surface area is 254 Å². The summed E-state index contributed by atoms with van der Waals surface area (Å²) in [5.74, 6) is -0.890. The predicted octanol–water partition coefficient (Wildman–Crippen LogP) is 6.59. The summed E-state index contributed by atoms with van der Waals surface area (Å²) in [5, 5.41) is 3.30. The zero-order valence-electron chi connectivity index (χ0n) is 22.7. The summed E-state index contributed by atoms with van der Waals surface area (Å²) in [6, 6.07) is 17.1. The molecule has 2 amide bonds. The van der Waals surface area contributed by atoms with Crippen LogP contribution in [0.15, 0.2) is 76.1 Å². The number of anilines is 1. The third-order valence-corrected chi connectivity index (χ3v) is 9.57. The molecule has 0 aromatic heterocycles. The van der Waals surface area contributed by atoms with Crippen LogP contribution in [-0.2, 0) is 26.2 Å². The lowest BCUT2D eigenvalue weighted by Crippen LogP contribution is -2.52. The van der Waals surface area contributed by atoms with Crippen LogP contribution in [0.4, 0.5) is 5.69 Å². The van der Waals surface area contributed by atoms with Gasteiger partial charge in [-0.05, 0) is 75.2 Å². The predicted molar refractivity (Wildman–Crippen MR) is 164 cm³/mol. The number of hydrogen-bond donors (Lipinski definition) is 1. The van der Waals surface area contributed by atoms with Crippen molar-refractivity contribution in [3.8, 4) is 0 Å². The molecule has 0 radical (unpaired) electrons. The number of amides is 2. The molecule has 3 aromatic rings. The second kappa shape index (κ2) is 13.9. The lowest BCUT2D eigenvalue weighted by molar-refractivity contribution is -0.139. The molecule has 0 saturated heterocycles. The van der Waals surface area contributed by atoms with Gasteiger partial charge in [0.15, 0.2) is 0 Å². The molecule has 3 aromatic carbocycles. The van der Waals surface area contributed by atoms with E-state index in [9.17, 15) is 18.0 Å². The highest BCUT2D eigenvalue weighted by Crippen LogP contribution is 2.31. The first-order valence-electron chi connectivity index (χ1n) is 12.7. The van der Waals surface area contributed by atoms with Gasteiger partial charge in [0.2, 0.25) is 11.8 Å². The van der Waals surface area contributed by atoms with E-state index in [1.165, 1.54) is 35.2 Å². The van der Waals surface area contributed by atoms with Crippen molar-refractivity contribution in [1.29, 1.82) is 0 Å². The van der Waals surface area contributed by atoms with Gasteiger partial charge in [-0.2, -0.15) is 0 Å². The second-order valence-corrected chi connectivity index (χ2v) is 13.2. The third kappa shape index (κ3) is 8.00.